The maximum atomic E-state index is 12.4. The molecule has 0 spiro atoms. The van der Waals surface area contributed by atoms with Crippen LogP contribution >= 0.6 is 11.6 Å². The molecule has 2 aromatic carbocycles. The molecular weight excluding hydrogens is 342 g/mol. The largest absolute Gasteiger partial charge is 0.489 e. The van der Waals surface area contributed by atoms with Crippen LogP contribution in [0.5, 0.6) is 11.5 Å². The molecular formula is C19H18ClNO4. The molecule has 0 radical (unpaired) electrons. The van der Waals surface area contributed by atoms with Gasteiger partial charge >= 0.3 is 0 Å². The van der Waals surface area contributed by atoms with E-state index in [0.717, 1.165) is 23.1 Å². The van der Waals surface area contributed by atoms with Crippen molar-refractivity contribution in [3.8, 4) is 11.5 Å². The maximum absolute atomic E-state index is 12.4. The van der Waals surface area contributed by atoms with Gasteiger partial charge in [-0.15, -0.1) is 0 Å². The minimum atomic E-state index is -0.127. The van der Waals surface area contributed by atoms with E-state index in [0.29, 0.717) is 55.1 Å². The van der Waals surface area contributed by atoms with Crippen molar-refractivity contribution in [1.82, 2.24) is 5.32 Å². The lowest BCUT2D eigenvalue weighted by Crippen LogP contribution is -2.23. The van der Waals surface area contributed by atoms with Gasteiger partial charge in [-0.1, -0.05) is 17.7 Å². The Labute approximate surface area is 150 Å². The molecule has 0 saturated carbocycles. The van der Waals surface area contributed by atoms with E-state index in [9.17, 15) is 4.79 Å². The summed E-state index contributed by atoms with van der Waals surface area (Å²) >= 11 is 6.28. The number of amides is 1. The number of ether oxygens (including phenoxy) is 3. The highest BCUT2D eigenvalue weighted by atomic mass is 35.5. The Morgan fingerprint density at radius 2 is 1.92 bits per heavy atom. The molecule has 0 aliphatic carbocycles. The number of hydrogen-bond donors (Lipinski definition) is 1. The van der Waals surface area contributed by atoms with Gasteiger partial charge in [-0.25, -0.2) is 0 Å². The summed E-state index contributed by atoms with van der Waals surface area (Å²) in [5, 5.41) is 3.42. The molecule has 5 nitrogen and oxygen atoms in total. The zero-order chi connectivity index (χ0) is 17.2. The molecule has 4 rings (SSSR count). The summed E-state index contributed by atoms with van der Waals surface area (Å²) in [6.07, 6.45) is 0.819. The fraction of sp³-hybridized carbons (Fsp3) is 0.316. The molecule has 1 amide bonds. The van der Waals surface area contributed by atoms with Crippen LogP contribution < -0.4 is 14.8 Å². The molecule has 0 bridgehead atoms. The first-order valence-electron chi connectivity index (χ1n) is 8.26. The van der Waals surface area contributed by atoms with Gasteiger partial charge in [0.15, 0.2) is 11.5 Å². The summed E-state index contributed by atoms with van der Waals surface area (Å²) in [6.45, 7) is 2.73. The lowest BCUT2D eigenvalue weighted by molar-refractivity contribution is 0.0950. The molecule has 0 aromatic heterocycles. The Bertz CT molecular complexity index is 821. The van der Waals surface area contributed by atoms with Gasteiger partial charge in [0.1, 0.15) is 0 Å². The van der Waals surface area contributed by atoms with Crippen LogP contribution in [0.2, 0.25) is 5.02 Å². The predicted octanol–water partition coefficient (Wildman–Crippen LogP) is 3.46. The van der Waals surface area contributed by atoms with Gasteiger partial charge < -0.3 is 19.5 Å². The van der Waals surface area contributed by atoms with E-state index in [1.165, 1.54) is 0 Å². The first-order valence-corrected chi connectivity index (χ1v) is 8.64. The van der Waals surface area contributed by atoms with Crippen molar-refractivity contribution >= 4 is 17.5 Å². The lowest BCUT2D eigenvalue weighted by Gasteiger charge is -2.12. The van der Waals surface area contributed by atoms with Crippen LogP contribution in [-0.4, -0.2) is 19.1 Å². The van der Waals surface area contributed by atoms with Gasteiger partial charge in [-0.3, -0.25) is 4.79 Å². The fourth-order valence-corrected chi connectivity index (χ4v) is 3.27. The van der Waals surface area contributed by atoms with Crippen LogP contribution in [0.25, 0.3) is 0 Å². The number of carbonyl (C=O) groups excluding carboxylic acids is 1. The number of halogens is 1. The summed E-state index contributed by atoms with van der Waals surface area (Å²) < 4.78 is 16.7. The summed E-state index contributed by atoms with van der Waals surface area (Å²) in [7, 11) is 0. The molecule has 2 heterocycles. The maximum Gasteiger partial charge on any atom is 0.251 e. The number of hydrogen-bond acceptors (Lipinski definition) is 4. The Kier molecular flexibility index (Phi) is 4.51. The van der Waals surface area contributed by atoms with Crippen molar-refractivity contribution < 1.29 is 19.0 Å². The molecule has 1 N–H and O–H groups in total. The standard InChI is InChI=1S/C19H18ClNO4/c20-16-6-12(7-17-18(16)25-5-1-4-24-17)9-21-19(22)13-2-3-14-10-23-11-15(14)8-13/h2-3,6-8H,1,4-5,9-11H2,(H,21,22). The Balaban J connectivity index is 1.47. The SMILES string of the molecule is O=C(NCc1cc(Cl)c2c(c1)OCCCO2)c1ccc2c(c1)COC2. The van der Waals surface area contributed by atoms with Gasteiger partial charge in [0.2, 0.25) is 0 Å². The highest BCUT2D eigenvalue weighted by Gasteiger charge is 2.17. The number of fused-ring (bicyclic) bond motifs is 2. The highest BCUT2D eigenvalue weighted by Crippen LogP contribution is 2.38. The molecule has 6 heteroatoms. The second kappa shape index (κ2) is 6.94. The number of carbonyl (C=O) groups is 1. The van der Waals surface area contributed by atoms with Crippen LogP contribution in [0, 0.1) is 0 Å². The molecule has 0 atom stereocenters. The van der Waals surface area contributed by atoms with Gasteiger partial charge in [-0.05, 0) is 41.0 Å². The molecule has 0 saturated heterocycles. The molecule has 2 aromatic rings. The smallest absolute Gasteiger partial charge is 0.251 e. The van der Waals surface area contributed by atoms with E-state index in [1.54, 1.807) is 6.07 Å². The lowest BCUT2D eigenvalue weighted by atomic mass is 10.1. The number of nitrogens with one attached hydrogen (secondary N) is 1. The topological polar surface area (TPSA) is 56.8 Å². The normalized spacial score (nSPS) is 15.4. The third kappa shape index (κ3) is 3.43. The van der Waals surface area contributed by atoms with Crippen LogP contribution in [-0.2, 0) is 24.5 Å². The van der Waals surface area contributed by atoms with E-state index < -0.39 is 0 Å². The van der Waals surface area contributed by atoms with E-state index in [-0.39, 0.29) is 5.91 Å². The summed E-state index contributed by atoms with van der Waals surface area (Å²) in [5.41, 5.74) is 3.72. The van der Waals surface area contributed by atoms with E-state index >= 15 is 0 Å². The zero-order valence-electron chi connectivity index (χ0n) is 13.6. The van der Waals surface area contributed by atoms with Crippen molar-refractivity contribution in [2.75, 3.05) is 13.2 Å². The summed E-state index contributed by atoms with van der Waals surface area (Å²) in [5.74, 6) is 1.08. The van der Waals surface area contributed by atoms with Crippen LogP contribution in [0.1, 0.15) is 33.5 Å². The van der Waals surface area contributed by atoms with Gasteiger partial charge in [0, 0.05) is 18.5 Å². The minimum absolute atomic E-state index is 0.127. The molecule has 25 heavy (non-hydrogen) atoms. The van der Waals surface area contributed by atoms with Crippen molar-refractivity contribution in [1.29, 1.82) is 0 Å². The first-order chi connectivity index (χ1) is 12.2. The van der Waals surface area contributed by atoms with Gasteiger partial charge in [0.25, 0.3) is 5.91 Å². The Morgan fingerprint density at radius 3 is 2.84 bits per heavy atom. The number of rotatable bonds is 3. The molecule has 2 aliphatic rings. The molecule has 0 fully saturated rings. The fourth-order valence-electron chi connectivity index (χ4n) is 2.98. The van der Waals surface area contributed by atoms with Gasteiger partial charge in [0.05, 0.1) is 31.5 Å². The molecule has 0 unspecified atom stereocenters. The first kappa shape index (κ1) is 16.2. The van der Waals surface area contributed by atoms with Crippen molar-refractivity contribution in [2.45, 2.75) is 26.2 Å². The third-order valence-electron chi connectivity index (χ3n) is 4.30. The third-order valence-corrected chi connectivity index (χ3v) is 4.58. The zero-order valence-corrected chi connectivity index (χ0v) is 14.4. The van der Waals surface area contributed by atoms with Crippen molar-refractivity contribution in [2.24, 2.45) is 0 Å². The van der Waals surface area contributed by atoms with Crippen molar-refractivity contribution in [3.05, 3.63) is 57.6 Å². The monoisotopic (exact) mass is 359 g/mol. The van der Waals surface area contributed by atoms with E-state index in [2.05, 4.69) is 5.32 Å². The predicted molar refractivity (Wildman–Crippen MR) is 93.2 cm³/mol. The van der Waals surface area contributed by atoms with Crippen LogP contribution in [0.4, 0.5) is 0 Å². The average Bonchev–Trinajstić information content (AvgIpc) is 2.95. The quantitative estimate of drug-likeness (QED) is 0.911. The minimum Gasteiger partial charge on any atom is -0.489 e. The summed E-state index contributed by atoms with van der Waals surface area (Å²) in [4.78, 5) is 12.4. The second-order valence-corrected chi connectivity index (χ2v) is 6.52. The van der Waals surface area contributed by atoms with Crippen molar-refractivity contribution in [3.63, 3.8) is 0 Å². The summed E-state index contributed by atoms with van der Waals surface area (Å²) in [6, 6.07) is 9.32. The Hall–Kier alpha value is -2.24. The number of benzene rings is 2. The van der Waals surface area contributed by atoms with Gasteiger partial charge in [-0.2, -0.15) is 0 Å². The highest BCUT2D eigenvalue weighted by molar-refractivity contribution is 6.32. The van der Waals surface area contributed by atoms with Crippen LogP contribution in [0.3, 0.4) is 0 Å². The average molecular weight is 360 g/mol. The second-order valence-electron chi connectivity index (χ2n) is 6.11. The van der Waals surface area contributed by atoms with E-state index in [4.69, 9.17) is 25.8 Å². The van der Waals surface area contributed by atoms with E-state index in [1.807, 2.05) is 24.3 Å². The molecule has 2 aliphatic heterocycles. The Morgan fingerprint density at radius 1 is 1.08 bits per heavy atom. The molecule has 130 valence electrons. The van der Waals surface area contributed by atoms with Crippen LogP contribution in [0.15, 0.2) is 30.3 Å².